The van der Waals surface area contributed by atoms with Gasteiger partial charge in [-0.05, 0) is 53.1 Å². The molecule has 0 saturated carbocycles. The number of aliphatic carboxylic acids is 1. The molecule has 2 aromatic rings. The van der Waals surface area contributed by atoms with Crippen LogP contribution in [0.15, 0.2) is 41.1 Å². The van der Waals surface area contributed by atoms with Crippen LogP contribution < -0.4 is 10.1 Å². The number of carboxylic acids is 1. The maximum absolute atomic E-state index is 11.8. The molecule has 6 heteroatoms. The van der Waals surface area contributed by atoms with Gasteiger partial charge in [-0.15, -0.1) is 0 Å². The van der Waals surface area contributed by atoms with Crippen LogP contribution >= 0.6 is 11.3 Å². The van der Waals surface area contributed by atoms with Gasteiger partial charge >= 0.3 is 5.97 Å². The van der Waals surface area contributed by atoms with E-state index in [0.29, 0.717) is 30.9 Å². The van der Waals surface area contributed by atoms with E-state index in [0.717, 1.165) is 5.56 Å². The molecule has 0 aliphatic rings. The van der Waals surface area contributed by atoms with Crippen molar-refractivity contribution in [1.82, 2.24) is 0 Å². The number of thiophene rings is 1. The van der Waals surface area contributed by atoms with E-state index in [-0.39, 0.29) is 12.3 Å². The molecule has 0 spiro atoms. The van der Waals surface area contributed by atoms with E-state index in [1.165, 1.54) is 0 Å². The molecule has 0 fully saturated rings. The summed E-state index contributed by atoms with van der Waals surface area (Å²) in [6, 6.07) is 8.95. The lowest BCUT2D eigenvalue weighted by molar-refractivity contribution is -0.137. The number of rotatable bonds is 8. The number of benzene rings is 1. The zero-order chi connectivity index (χ0) is 15.8. The van der Waals surface area contributed by atoms with Crippen molar-refractivity contribution in [2.75, 3.05) is 11.9 Å². The summed E-state index contributed by atoms with van der Waals surface area (Å²) in [4.78, 5) is 22.2. The van der Waals surface area contributed by atoms with E-state index < -0.39 is 5.97 Å². The smallest absolute Gasteiger partial charge is 0.303 e. The fourth-order valence-corrected chi connectivity index (χ4v) is 2.50. The minimum absolute atomic E-state index is 0.0615. The molecule has 2 N–H and O–H groups in total. The van der Waals surface area contributed by atoms with Gasteiger partial charge in [0, 0.05) is 12.1 Å². The van der Waals surface area contributed by atoms with Crippen LogP contribution in [0, 0.1) is 0 Å². The van der Waals surface area contributed by atoms with E-state index in [1.807, 2.05) is 16.8 Å². The number of nitrogens with one attached hydrogen (secondary N) is 1. The Morgan fingerprint density at radius 1 is 1.18 bits per heavy atom. The van der Waals surface area contributed by atoms with E-state index in [1.54, 1.807) is 35.6 Å². The lowest BCUT2D eigenvalue weighted by Gasteiger charge is -2.07. The number of carboxylic acid groups (broad SMARTS) is 1. The maximum atomic E-state index is 11.8. The number of amides is 1. The third-order valence-electron chi connectivity index (χ3n) is 2.89. The van der Waals surface area contributed by atoms with Gasteiger partial charge in [-0.25, -0.2) is 0 Å². The van der Waals surface area contributed by atoms with Crippen molar-refractivity contribution in [2.24, 2.45) is 0 Å². The van der Waals surface area contributed by atoms with Crippen LogP contribution in [0.1, 0.15) is 18.4 Å². The van der Waals surface area contributed by atoms with Gasteiger partial charge in [-0.1, -0.05) is 0 Å². The van der Waals surface area contributed by atoms with E-state index >= 15 is 0 Å². The fraction of sp³-hybridized carbons (Fsp3) is 0.250. The van der Waals surface area contributed by atoms with Gasteiger partial charge in [-0.3, -0.25) is 9.59 Å². The Bertz CT molecular complexity index is 608. The summed E-state index contributed by atoms with van der Waals surface area (Å²) in [6.45, 7) is 0.357. The summed E-state index contributed by atoms with van der Waals surface area (Å²) in [5, 5.41) is 15.2. The first-order valence-electron chi connectivity index (χ1n) is 6.89. The largest absolute Gasteiger partial charge is 0.494 e. The van der Waals surface area contributed by atoms with Crippen LogP contribution in [0.5, 0.6) is 5.75 Å². The number of ether oxygens (including phenoxy) is 1. The highest BCUT2D eigenvalue weighted by atomic mass is 32.1. The quantitative estimate of drug-likeness (QED) is 0.733. The molecule has 0 bridgehead atoms. The Balaban J connectivity index is 1.76. The van der Waals surface area contributed by atoms with Gasteiger partial charge in [0.25, 0.3) is 0 Å². The standard InChI is InChI=1S/C16H17NO4S/c18-15(10-12-7-9-22-11-12)17-13-3-5-14(6-4-13)21-8-1-2-16(19)20/h3-7,9,11H,1-2,8,10H2,(H,17,18)(H,19,20). The molecule has 0 atom stereocenters. The second-order valence-electron chi connectivity index (χ2n) is 4.73. The van der Waals surface area contributed by atoms with Gasteiger partial charge in [0.15, 0.2) is 0 Å². The summed E-state index contributed by atoms with van der Waals surface area (Å²) in [6.07, 6.45) is 0.919. The Labute approximate surface area is 132 Å². The highest BCUT2D eigenvalue weighted by molar-refractivity contribution is 7.08. The molecule has 5 nitrogen and oxygen atoms in total. The molecule has 0 unspecified atom stereocenters. The van der Waals surface area contributed by atoms with Crippen LogP contribution in [-0.2, 0) is 16.0 Å². The minimum Gasteiger partial charge on any atom is -0.494 e. The summed E-state index contributed by atoms with van der Waals surface area (Å²) < 4.78 is 5.43. The van der Waals surface area contributed by atoms with Crippen LogP contribution in [0.25, 0.3) is 0 Å². The van der Waals surface area contributed by atoms with Crippen LogP contribution in [0.4, 0.5) is 5.69 Å². The number of carbonyl (C=O) groups excluding carboxylic acids is 1. The molecule has 0 saturated heterocycles. The molecule has 1 amide bonds. The zero-order valence-corrected chi connectivity index (χ0v) is 12.8. The Morgan fingerprint density at radius 3 is 2.59 bits per heavy atom. The zero-order valence-electron chi connectivity index (χ0n) is 12.0. The van der Waals surface area contributed by atoms with Crippen molar-refractivity contribution < 1.29 is 19.4 Å². The highest BCUT2D eigenvalue weighted by Gasteiger charge is 2.05. The normalized spacial score (nSPS) is 10.2. The van der Waals surface area contributed by atoms with Crippen LogP contribution in [0.3, 0.4) is 0 Å². The molecule has 1 aromatic heterocycles. The predicted octanol–water partition coefficient (Wildman–Crippen LogP) is 3.17. The molecule has 1 aromatic carbocycles. The first-order valence-corrected chi connectivity index (χ1v) is 7.83. The summed E-state index contributed by atoms with van der Waals surface area (Å²) >= 11 is 1.57. The van der Waals surface area contributed by atoms with E-state index in [2.05, 4.69) is 5.32 Å². The van der Waals surface area contributed by atoms with Gasteiger partial charge in [0.1, 0.15) is 5.75 Å². The molecule has 2 rings (SSSR count). The number of hydrogen-bond acceptors (Lipinski definition) is 4. The van der Waals surface area contributed by atoms with Crippen molar-refractivity contribution in [3.05, 3.63) is 46.7 Å². The molecule has 0 aliphatic heterocycles. The molecule has 0 aliphatic carbocycles. The molecule has 1 heterocycles. The van der Waals surface area contributed by atoms with Crippen LogP contribution in [0.2, 0.25) is 0 Å². The fourth-order valence-electron chi connectivity index (χ4n) is 1.83. The molecular weight excluding hydrogens is 302 g/mol. The van der Waals surface area contributed by atoms with Crippen molar-refractivity contribution in [3.63, 3.8) is 0 Å². The van der Waals surface area contributed by atoms with Gasteiger partial charge in [-0.2, -0.15) is 11.3 Å². The summed E-state index contributed by atoms with van der Waals surface area (Å²) in [5.41, 5.74) is 1.71. The Hall–Kier alpha value is -2.34. The molecular formula is C16H17NO4S. The Kier molecular flexibility index (Phi) is 5.97. The number of hydrogen-bond donors (Lipinski definition) is 2. The SMILES string of the molecule is O=C(O)CCCOc1ccc(NC(=O)Cc2ccsc2)cc1. The maximum Gasteiger partial charge on any atom is 0.303 e. The lowest BCUT2D eigenvalue weighted by atomic mass is 10.2. The van der Waals surface area contributed by atoms with E-state index in [4.69, 9.17) is 9.84 Å². The monoisotopic (exact) mass is 319 g/mol. The van der Waals surface area contributed by atoms with Gasteiger partial charge in [0.05, 0.1) is 13.0 Å². The molecule has 116 valence electrons. The Morgan fingerprint density at radius 2 is 1.95 bits per heavy atom. The third kappa shape index (κ3) is 5.57. The highest BCUT2D eigenvalue weighted by Crippen LogP contribution is 2.16. The molecule has 0 radical (unpaired) electrons. The second kappa shape index (κ2) is 8.19. The minimum atomic E-state index is -0.827. The average Bonchev–Trinajstić information content (AvgIpc) is 2.98. The van der Waals surface area contributed by atoms with Crippen LogP contribution in [-0.4, -0.2) is 23.6 Å². The number of carbonyl (C=O) groups is 2. The van der Waals surface area contributed by atoms with Gasteiger partial charge in [0.2, 0.25) is 5.91 Å². The summed E-state index contributed by atoms with van der Waals surface area (Å²) in [5.74, 6) is -0.234. The molecule has 22 heavy (non-hydrogen) atoms. The van der Waals surface area contributed by atoms with Crippen molar-refractivity contribution in [3.8, 4) is 5.75 Å². The average molecular weight is 319 g/mol. The van der Waals surface area contributed by atoms with Gasteiger partial charge < -0.3 is 15.2 Å². The first-order chi connectivity index (χ1) is 10.6. The third-order valence-corrected chi connectivity index (χ3v) is 3.62. The second-order valence-corrected chi connectivity index (χ2v) is 5.51. The first kappa shape index (κ1) is 16.0. The van der Waals surface area contributed by atoms with Crippen molar-refractivity contribution in [1.29, 1.82) is 0 Å². The van der Waals surface area contributed by atoms with E-state index in [9.17, 15) is 9.59 Å². The van der Waals surface area contributed by atoms with Crippen molar-refractivity contribution in [2.45, 2.75) is 19.3 Å². The van der Waals surface area contributed by atoms with Crippen molar-refractivity contribution >= 4 is 28.9 Å². The lowest BCUT2D eigenvalue weighted by Crippen LogP contribution is -2.13. The predicted molar refractivity (Wildman–Crippen MR) is 85.5 cm³/mol. The summed E-state index contributed by atoms with van der Waals surface area (Å²) in [7, 11) is 0. The number of anilines is 1. The topological polar surface area (TPSA) is 75.6 Å².